The van der Waals surface area contributed by atoms with Crippen LogP contribution < -0.4 is 0 Å². The fourth-order valence-electron chi connectivity index (χ4n) is 3.56. The van der Waals surface area contributed by atoms with E-state index in [4.69, 9.17) is 25.7 Å². The van der Waals surface area contributed by atoms with Crippen LogP contribution in [0, 0.1) is 5.92 Å². The van der Waals surface area contributed by atoms with Crippen LogP contribution in [0.4, 0.5) is 0 Å². The molecule has 0 bridgehead atoms. The second-order valence-electron chi connectivity index (χ2n) is 7.70. The smallest absolute Gasteiger partial charge is 0.309 e. The van der Waals surface area contributed by atoms with Gasteiger partial charge >= 0.3 is 5.97 Å². The molecule has 2 aliphatic rings. The first-order chi connectivity index (χ1) is 14.6. The number of oxazole rings is 1. The Labute approximate surface area is 184 Å². The van der Waals surface area contributed by atoms with Crippen LogP contribution in [0.1, 0.15) is 49.5 Å². The molecule has 0 amide bonds. The Balaban J connectivity index is 1.38. The quantitative estimate of drug-likeness (QED) is 0.414. The second kappa shape index (κ2) is 8.08. The van der Waals surface area contributed by atoms with Crippen molar-refractivity contribution in [2.75, 3.05) is 6.61 Å². The minimum atomic E-state index is -0.0914. The molecule has 2 atom stereocenters. The fourth-order valence-corrected chi connectivity index (χ4v) is 4.49. The van der Waals surface area contributed by atoms with E-state index in [1.54, 1.807) is 6.20 Å². The van der Waals surface area contributed by atoms with Crippen molar-refractivity contribution in [2.45, 2.75) is 48.1 Å². The van der Waals surface area contributed by atoms with Crippen molar-refractivity contribution in [2.24, 2.45) is 5.92 Å². The molecular formula is C23H21ClN2O3S. The van der Waals surface area contributed by atoms with Crippen LogP contribution in [0.15, 0.2) is 57.1 Å². The first-order valence-corrected chi connectivity index (χ1v) is 11.4. The van der Waals surface area contributed by atoms with Crippen molar-refractivity contribution < 1.29 is 13.9 Å². The lowest BCUT2D eigenvalue weighted by atomic mass is 10.1. The zero-order valence-electron chi connectivity index (χ0n) is 16.5. The Hall–Kier alpha value is -2.31. The number of aromatic nitrogens is 2. The highest BCUT2D eigenvalue weighted by atomic mass is 35.5. The Morgan fingerprint density at radius 3 is 2.70 bits per heavy atom. The number of carbonyl (C=O) groups is 1. The molecule has 0 radical (unpaired) electrons. The number of benzene rings is 1. The van der Waals surface area contributed by atoms with E-state index < -0.39 is 0 Å². The van der Waals surface area contributed by atoms with Gasteiger partial charge in [-0.05, 0) is 61.6 Å². The summed E-state index contributed by atoms with van der Waals surface area (Å²) in [6, 6.07) is 12.0. The summed E-state index contributed by atoms with van der Waals surface area (Å²) in [7, 11) is 0. The van der Waals surface area contributed by atoms with Gasteiger partial charge in [-0.15, -0.1) is 0 Å². The van der Waals surface area contributed by atoms with E-state index in [1.165, 1.54) is 11.8 Å². The van der Waals surface area contributed by atoms with Crippen LogP contribution in [0.2, 0.25) is 5.02 Å². The lowest BCUT2D eigenvalue weighted by Gasteiger charge is -2.04. The number of halogens is 1. The lowest BCUT2D eigenvalue weighted by molar-refractivity contribution is -0.144. The van der Waals surface area contributed by atoms with Crippen molar-refractivity contribution in [1.82, 2.24) is 9.97 Å². The number of nitrogens with zero attached hydrogens (tertiary/aromatic N) is 2. The maximum absolute atomic E-state index is 11.9. The minimum absolute atomic E-state index is 0.00795. The van der Waals surface area contributed by atoms with Crippen molar-refractivity contribution in [3.8, 4) is 11.3 Å². The van der Waals surface area contributed by atoms with Crippen LogP contribution in [0.5, 0.6) is 0 Å². The molecule has 7 heteroatoms. The van der Waals surface area contributed by atoms with Gasteiger partial charge in [0.2, 0.25) is 0 Å². The molecule has 5 nitrogen and oxygen atoms in total. The molecule has 0 saturated heterocycles. The van der Waals surface area contributed by atoms with Crippen LogP contribution in [0.3, 0.4) is 0 Å². The van der Waals surface area contributed by atoms with E-state index in [9.17, 15) is 4.79 Å². The lowest BCUT2D eigenvalue weighted by Crippen LogP contribution is -2.07. The van der Waals surface area contributed by atoms with E-state index in [2.05, 4.69) is 29.2 Å². The zero-order valence-corrected chi connectivity index (χ0v) is 18.1. The molecule has 5 rings (SSSR count). The summed E-state index contributed by atoms with van der Waals surface area (Å²) in [6.45, 7) is 2.27. The van der Waals surface area contributed by atoms with Gasteiger partial charge in [0.05, 0.1) is 17.5 Å². The normalized spacial score (nSPS) is 20.2. The molecule has 2 saturated carbocycles. The average Bonchev–Trinajstić information content (AvgIpc) is 3.68. The molecule has 154 valence electrons. The Morgan fingerprint density at radius 1 is 1.23 bits per heavy atom. The first-order valence-electron chi connectivity index (χ1n) is 10.2. The Morgan fingerprint density at radius 2 is 2.03 bits per heavy atom. The molecule has 0 N–H and O–H groups in total. The third kappa shape index (κ3) is 4.12. The molecule has 1 aromatic carbocycles. The number of carbonyl (C=O) groups excluding carboxylic acids is 1. The molecule has 30 heavy (non-hydrogen) atoms. The number of esters is 1. The monoisotopic (exact) mass is 440 g/mol. The van der Waals surface area contributed by atoms with Gasteiger partial charge in [0.15, 0.2) is 11.0 Å². The second-order valence-corrected chi connectivity index (χ2v) is 9.13. The van der Waals surface area contributed by atoms with E-state index in [0.29, 0.717) is 17.5 Å². The van der Waals surface area contributed by atoms with Gasteiger partial charge in [-0.3, -0.25) is 4.79 Å². The molecule has 2 aliphatic carbocycles. The summed E-state index contributed by atoms with van der Waals surface area (Å²) < 4.78 is 11.3. The van der Waals surface area contributed by atoms with E-state index >= 15 is 0 Å². The molecule has 2 fully saturated rings. The van der Waals surface area contributed by atoms with Crippen molar-refractivity contribution in [3.05, 3.63) is 59.1 Å². The van der Waals surface area contributed by atoms with Gasteiger partial charge in [0.1, 0.15) is 10.7 Å². The molecule has 2 aromatic heterocycles. The molecule has 0 aliphatic heterocycles. The number of rotatable bonds is 7. The van der Waals surface area contributed by atoms with E-state index in [-0.39, 0.29) is 17.8 Å². The summed E-state index contributed by atoms with van der Waals surface area (Å²) in [6.07, 6.45) is 4.74. The van der Waals surface area contributed by atoms with Gasteiger partial charge in [-0.2, -0.15) is 0 Å². The number of hydrogen-bond donors (Lipinski definition) is 0. The summed E-state index contributed by atoms with van der Waals surface area (Å²) in [4.78, 5) is 21.1. The predicted octanol–water partition coefficient (Wildman–Crippen LogP) is 6.09. The number of ether oxygens (including phenoxy) is 1. The summed E-state index contributed by atoms with van der Waals surface area (Å²) >= 11 is 7.41. The Kier molecular flexibility index (Phi) is 5.29. The average molecular weight is 441 g/mol. The first kappa shape index (κ1) is 19.6. The summed E-state index contributed by atoms with van der Waals surface area (Å²) in [5, 5.41) is 2.16. The highest BCUT2D eigenvalue weighted by molar-refractivity contribution is 7.99. The van der Waals surface area contributed by atoms with E-state index in [1.807, 2.05) is 19.1 Å². The summed E-state index contributed by atoms with van der Waals surface area (Å²) in [5.41, 5.74) is 3.00. The molecule has 0 spiro atoms. The predicted molar refractivity (Wildman–Crippen MR) is 115 cm³/mol. The SMILES string of the molecule is CCOC(=O)[C@H]1C[C@@H]1c1ccc(-c2nc(C3CC3)oc2Sc2ccc(Cl)cn2)cc1. The standard InChI is InChI=1S/C23H21ClN2O3S/c1-2-28-22(27)18-11-17(18)13-3-5-14(6-4-13)20-23(29-21(26-20)15-7-8-15)30-19-10-9-16(24)12-25-19/h3-6,9-10,12,15,17-18H,2,7-8,11H2,1H3/t17-,18+/m1/s1. The van der Waals surface area contributed by atoms with Crippen LogP contribution in [-0.2, 0) is 9.53 Å². The van der Waals surface area contributed by atoms with Gasteiger partial charge in [0.25, 0.3) is 0 Å². The van der Waals surface area contributed by atoms with Crippen molar-refractivity contribution >= 4 is 29.3 Å². The van der Waals surface area contributed by atoms with Gasteiger partial charge in [-0.1, -0.05) is 35.9 Å². The van der Waals surface area contributed by atoms with Gasteiger partial charge in [0, 0.05) is 17.7 Å². The molecule has 3 aromatic rings. The minimum Gasteiger partial charge on any atom is -0.466 e. The zero-order chi connectivity index (χ0) is 20.7. The third-order valence-corrected chi connectivity index (χ3v) is 6.57. The Bertz CT molecular complexity index is 1060. The van der Waals surface area contributed by atoms with Crippen molar-refractivity contribution in [1.29, 1.82) is 0 Å². The maximum atomic E-state index is 11.9. The fraction of sp³-hybridized carbons (Fsp3) is 0.348. The van der Waals surface area contributed by atoms with E-state index in [0.717, 1.165) is 52.1 Å². The van der Waals surface area contributed by atoms with Gasteiger partial charge in [-0.25, -0.2) is 9.97 Å². The van der Waals surface area contributed by atoms with Crippen LogP contribution in [-0.4, -0.2) is 22.5 Å². The molecule has 2 heterocycles. The third-order valence-electron chi connectivity index (χ3n) is 5.43. The number of hydrogen-bond acceptors (Lipinski definition) is 6. The van der Waals surface area contributed by atoms with Crippen LogP contribution >= 0.6 is 23.4 Å². The highest BCUT2D eigenvalue weighted by Crippen LogP contribution is 2.49. The highest BCUT2D eigenvalue weighted by Gasteiger charge is 2.45. The topological polar surface area (TPSA) is 65.2 Å². The summed E-state index contributed by atoms with van der Waals surface area (Å²) in [5.74, 6) is 1.38. The largest absolute Gasteiger partial charge is 0.466 e. The molecular weight excluding hydrogens is 420 g/mol. The maximum Gasteiger partial charge on any atom is 0.309 e. The van der Waals surface area contributed by atoms with Crippen LogP contribution in [0.25, 0.3) is 11.3 Å². The number of pyridine rings is 1. The van der Waals surface area contributed by atoms with Gasteiger partial charge < -0.3 is 9.15 Å². The van der Waals surface area contributed by atoms with Crippen molar-refractivity contribution in [3.63, 3.8) is 0 Å². The molecule has 0 unspecified atom stereocenters.